The van der Waals surface area contributed by atoms with Gasteiger partial charge >= 0.3 is 0 Å². The largest absolute Gasteiger partial charge is 0.318 e. The third-order valence-electron chi connectivity index (χ3n) is 4.24. The average Bonchev–Trinajstić information content (AvgIpc) is 2.45. The molecule has 2 atom stereocenters. The van der Waals surface area contributed by atoms with Gasteiger partial charge in [0, 0.05) is 19.1 Å². The highest BCUT2D eigenvalue weighted by molar-refractivity contribution is 5.22. The van der Waals surface area contributed by atoms with Crippen LogP contribution in [-0.4, -0.2) is 38.1 Å². The fraction of sp³-hybridized carbons (Fsp3) is 0.625. The number of hydrogen-bond donors (Lipinski definition) is 1. The van der Waals surface area contributed by atoms with Crippen LogP contribution >= 0.6 is 0 Å². The standard InChI is InChI=1S/C16H26N2/c1-17-12-13-18(2)16-11-7-6-10-15(16)14-8-4-3-5-9-14/h3-5,8-9,15-17H,6-7,10-13H2,1-2H3. The van der Waals surface area contributed by atoms with Crippen LogP contribution in [0.1, 0.15) is 37.2 Å². The zero-order chi connectivity index (χ0) is 12.8. The van der Waals surface area contributed by atoms with Crippen molar-refractivity contribution in [2.45, 2.75) is 37.6 Å². The highest BCUT2D eigenvalue weighted by Gasteiger charge is 2.28. The Morgan fingerprint density at radius 3 is 2.61 bits per heavy atom. The molecule has 2 rings (SSSR count). The molecule has 1 aromatic carbocycles. The minimum atomic E-state index is 0.717. The molecule has 0 aromatic heterocycles. The molecule has 100 valence electrons. The first-order chi connectivity index (χ1) is 8.83. The molecule has 1 saturated carbocycles. The quantitative estimate of drug-likeness (QED) is 0.859. The monoisotopic (exact) mass is 246 g/mol. The van der Waals surface area contributed by atoms with Crippen LogP contribution in [-0.2, 0) is 0 Å². The summed E-state index contributed by atoms with van der Waals surface area (Å²) in [5, 5.41) is 3.25. The van der Waals surface area contributed by atoms with E-state index in [4.69, 9.17) is 0 Å². The Bertz CT molecular complexity index is 336. The first-order valence-electron chi connectivity index (χ1n) is 7.22. The zero-order valence-corrected chi connectivity index (χ0v) is 11.7. The number of nitrogens with zero attached hydrogens (tertiary/aromatic N) is 1. The van der Waals surface area contributed by atoms with E-state index in [0.717, 1.165) is 25.0 Å². The van der Waals surface area contributed by atoms with Gasteiger partial charge in [-0.05, 0) is 38.4 Å². The maximum Gasteiger partial charge on any atom is 0.0161 e. The minimum Gasteiger partial charge on any atom is -0.318 e. The van der Waals surface area contributed by atoms with E-state index >= 15 is 0 Å². The number of rotatable bonds is 5. The van der Waals surface area contributed by atoms with E-state index in [9.17, 15) is 0 Å². The van der Waals surface area contributed by atoms with Crippen molar-refractivity contribution in [2.75, 3.05) is 27.2 Å². The number of benzene rings is 1. The van der Waals surface area contributed by atoms with Crippen LogP contribution in [0.25, 0.3) is 0 Å². The maximum atomic E-state index is 3.25. The van der Waals surface area contributed by atoms with Gasteiger partial charge in [-0.25, -0.2) is 0 Å². The first kappa shape index (κ1) is 13.6. The Morgan fingerprint density at radius 2 is 1.89 bits per heavy atom. The van der Waals surface area contributed by atoms with Crippen molar-refractivity contribution in [3.8, 4) is 0 Å². The summed E-state index contributed by atoms with van der Waals surface area (Å²) >= 11 is 0. The second kappa shape index (κ2) is 6.91. The number of likely N-dealkylation sites (N-methyl/N-ethyl adjacent to an activating group) is 2. The molecule has 0 bridgehead atoms. The van der Waals surface area contributed by atoms with Gasteiger partial charge in [0.15, 0.2) is 0 Å². The molecular weight excluding hydrogens is 220 g/mol. The molecule has 0 radical (unpaired) electrons. The van der Waals surface area contributed by atoms with Crippen molar-refractivity contribution < 1.29 is 0 Å². The molecule has 1 aromatic rings. The molecule has 1 aliphatic rings. The molecule has 2 unspecified atom stereocenters. The summed E-state index contributed by atoms with van der Waals surface area (Å²) in [5.41, 5.74) is 1.53. The van der Waals surface area contributed by atoms with Crippen molar-refractivity contribution in [3.05, 3.63) is 35.9 Å². The smallest absolute Gasteiger partial charge is 0.0161 e. The Morgan fingerprint density at radius 1 is 1.17 bits per heavy atom. The molecule has 2 heteroatoms. The van der Waals surface area contributed by atoms with Gasteiger partial charge < -0.3 is 10.2 Å². The van der Waals surface area contributed by atoms with Gasteiger partial charge in [0.25, 0.3) is 0 Å². The van der Waals surface area contributed by atoms with Gasteiger partial charge in [0.2, 0.25) is 0 Å². The molecular formula is C16H26N2. The van der Waals surface area contributed by atoms with Crippen LogP contribution in [0.2, 0.25) is 0 Å². The van der Waals surface area contributed by atoms with Crippen LogP contribution < -0.4 is 5.32 Å². The third-order valence-corrected chi connectivity index (χ3v) is 4.24. The van der Waals surface area contributed by atoms with Crippen LogP contribution in [0.15, 0.2) is 30.3 Å². The number of hydrogen-bond acceptors (Lipinski definition) is 2. The van der Waals surface area contributed by atoms with Crippen LogP contribution in [0, 0.1) is 0 Å². The van der Waals surface area contributed by atoms with Gasteiger partial charge in [-0.2, -0.15) is 0 Å². The molecule has 0 amide bonds. The van der Waals surface area contributed by atoms with Crippen LogP contribution in [0.5, 0.6) is 0 Å². The Kier molecular flexibility index (Phi) is 5.21. The average molecular weight is 246 g/mol. The lowest BCUT2D eigenvalue weighted by atomic mass is 9.79. The third kappa shape index (κ3) is 3.33. The van der Waals surface area contributed by atoms with Gasteiger partial charge in [-0.3, -0.25) is 0 Å². The zero-order valence-electron chi connectivity index (χ0n) is 11.7. The van der Waals surface area contributed by atoms with E-state index in [1.54, 1.807) is 0 Å². The summed E-state index contributed by atoms with van der Waals surface area (Å²) in [4.78, 5) is 2.55. The maximum absolute atomic E-state index is 3.25. The molecule has 0 aliphatic heterocycles. The molecule has 1 aliphatic carbocycles. The highest BCUT2D eigenvalue weighted by atomic mass is 15.1. The van der Waals surface area contributed by atoms with E-state index < -0.39 is 0 Å². The van der Waals surface area contributed by atoms with Gasteiger partial charge in [0.1, 0.15) is 0 Å². The summed E-state index contributed by atoms with van der Waals surface area (Å²) in [6.45, 7) is 2.22. The molecule has 18 heavy (non-hydrogen) atoms. The van der Waals surface area contributed by atoms with E-state index in [1.165, 1.54) is 31.2 Å². The van der Waals surface area contributed by atoms with E-state index in [1.807, 2.05) is 7.05 Å². The minimum absolute atomic E-state index is 0.717. The lowest BCUT2D eigenvalue weighted by Gasteiger charge is -2.38. The van der Waals surface area contributed by atoms with E-state index in [2.05, 4.69) is 47.6 Å². The molecule has 1 N–H and O–H groups in total. The lowest BCUT2D eigenvalue weighted by molar-refractivity contribution is 0.169. The Labute approximate surface area is 111 Å². The Balaban J connectivity index is 2.06. The van der Waals surface area contributed by atoms with Crippen molar-refractivity contribution >= 4 is 0 Å². The molecule has 1 fully saturated rings. The van der Waals surface area contributed by atoms with Gasteiger partial charge in [-0.15, -0.1) is 0 Å². The molecule has 0 spiro atoms. The van der Waals surface area contributed by atoms with Gasteiger partial charge in [-0.1, -0.05) is 43.2 Å². The van der Waals surface area contributed by atoms with Crippen molar-refractivity contribution in [1.82, 2.24) is 10.2 Å². The van der Waals surface area contributed by atoms with Crippen molar-refractivity contribution in [2.24, 2.45) is 0 Å². The predicted octanol–water partition coefficient (Wildman–Crippen LogP) is 2.86. The number of nitrogens with one attached hydrogen (secondary N) is 1. The fourth-order valence-corrected chi connectivity index (χ4v) is 3.18. The molecule has 2 nitrogen and oxygen atoms in total. The first-order valence-corrected chi connectivity index (χ1v) is 7.22. The summed E-state index contributed by atoms with van der Waals surface area (Å²) in [7, 11) is 4.31. The summed E-state index contributed by atoms with van der Waals surface area (Å²) in [6.07, 6.45) is 5.46. The SMILES string of the molecule is CNCCN(C)C1CCCCC1c1ccccc1. The van der Waals surface area contributed by atoms with Crippen molar-refractivity contribution in [1.29, 1.82) is 0 Å². The second-order valence-electron chi connectivity index (χ2n) is 5.45. The summed E-state index contributed by atoms with van der Waals surface area (Å²) in [6, 6.07) is 11.8. The topological polar surface area (TPSA) is 15.3 Å². The molecule has 0 saturated heterocycles. The van der Waals surface area contributed by atoms with Crippen molar-refractivity contribution in [3.63, 3.8) is 0 Å². The van der Waals surface area contributed by atoms with E-state index in [-0.39, 0.29) is 0 Å². The summed E-state index contributed by atoms with van der Waals surface area (Å²) < 4.78 is 0. The highest BCUT2D eigenvalue weighted by Crippen LogP contribution is 2.35. The fourth-order valence-electron chi connectivity index (χ4n) is 3.18. The lowest BCUT2D eigenvalue weighted by Crippen LogP contribution is -2.41. The van der Waals surface area contributed by atoms with Crippen LogP contribution in [0.3, 0.4) is 0 Å². The Hall–Kier alpha value is -0.860. The van der Waals surface area contributed by atoms with E-state index in [0.29, 0.717) is 0 Å². The predicted molar refractivity (Wildman–Crippen MR) is 78.0 cm³/mol. The normalized spacial score (nSPS) is 24.4. The van der Waals surface area contributed by atoms with Crippen LogP contribution in [0.4, 0.5) is 0 Å². The van der Waals surface area contributed by atoms with Gasteiger partial charge in [0.05, 0.1) is 0 Å². The molecule has 0 heterocycles. The summed E-state index contributed by atoms with van der Waals surface area (Å²) in [5.74, 6) is 0.724. The second-order valence-corrected chi connectivity index (χ2v) is 5.45.